The highest BCUT2D eigenvalue weighted by Crippen LogP contribution is 2.29. The van der Waals surface area contributed by atoms with Gasteiger partial charge in [0.1, 0.15) is 0 Å². The van der Waals surface area contributed by atoms with E-state index in [1.807, 2.05) is 12.1 Å². The van der Waals surface area contributed by atoms with Gasteiger partial charge in [-0.25, -0.2) is 0 Å². The number of nitrogens with one attached hydrogen (secondary N) is 1. The molecule has 1 heterocycles. The summed E-state index contributed by atoms with van der Waals surface area (Å²) in [6, 6.07) is 18.9. The largest absolute Gasteiger partial charge is 0.425 e. The average molecular weight is 389 g/mol. The lowest BCUT2D eigenvalue weighted by molar-refractivity contribution is -0.122. The van der Waals surface area contributed by atoms with E-state index in [9.17, 15) is 4.79 Å². The van der Waals surface area contributed by atoms with Gasteiger partial charge in [-0.2, -0.15) is 0 Å². The molecule has 3 aromatic rings. The van der Waals surface area contributed by atoms with Gasteiger partial charge in [-0.1, -0.05) is 54.6 Å². The predicted octanol–water partition coefficient (Wildman–Crippen LogP) is 4.37. The molecular formula is C24H27N3O2. The van der Waals surface area contributed by atoms with Gasteiger partial charge in [0.15, 0.2) is 0 Å². The van der Waals surface area contributed by atoms with Gasteiger partial charge in [-0.05, 0) is 48.8 Å². The average Bonchev–Trinajstić information content (AvgIpc) is 3.21. The first kappa shape index (κ1) is 19.4. The zero-order valence-corrected chi connectivity index (χ0v) is 16.6. The van der Waals surface area contributed by atoms with E-state index in [1.54, 1.807) is 0 Å². The van der Waals surface area contributed by atoms with Crippen molar-refractivity contribution in [2.45, 2.75) is 57.4 Å². The second-order valence-electron chi connectivity index (χ2n) is 7.64. The molecule has 1 atom stereocenters. The zero-order chi connectivity index (χ0) is 19.9. The standard InChI is InChI=1S/C24H27N3O2/c28-22(25-21-14-7-12-19-11-4-5-13-20(19)21)16-17-24-27-26-23(29-24)15-6-10-18-8-2-1-3-9-18/h1-5,8-9,11,13,21H,6-7,10,12,14-17H2,(H,25,28). The number of benzene rings is 2. The lowest BCUT2D eigenvalue weighted by Gasteiger charge is -2.26. The third-order valence-electron chi connectivity index (χ3n) is 5.48. The monoisotopic (exact) mass is 389 g/mol. The molecule has 2 aromatic carbocycles. The van der Waals surface area contributed by atoms with Crippen LogP contribution in [-0.4, -0.2) is 16.1 Å². The number of aryl methyl sites for hydroxylation is 4. The third kappa shape index (κ3) is 5.31. The normalized spacial score (nSPS) is 15.7. The van der Waals surface area contributed by atoms with Gasteiger partial charge < -0.3 is 9.73 Å². The smallest absolute Gasteiger partial charge is 0.220 e. The van der Waals surface area contributed by atoms with Gasteiger partial charge in [0, 0.05) is 19.3 Å². The number of carbonyl (C=O) groups is 1. The van der Waals surface area contributed by atoms with Gasteiger partial charge in [0.2, 0.25) is 17.7 Å². The molecule has 1 aliphatic carbocycles. The summed E-state index contributed by atoms with van der Waals surface area (Å²) in [7, 11) is 0. The fourth-order valence-electron chi connectivity index (χ4n) is 3.97. The first-order chi connectivity index (χ1) is 14.3. The Morgan fingerprint density at radius 3 is 2.59 bits per heavy atom. The van der Waals surface area contributed by atoms with E-state index in [0.29, 0.717) is 24.6 Å². The molecular weight excluding hydrogens is 362 g/mol. The fraction of sp³-hybridized carbons (Fsp3) is 0.375. The van der Waals surface area contributed by atoms with Crippen molar-refractivity contribution in [2.24, 2.45) is 0 Å². The maximum Gasteiger partial charge on any atom is 0.220 e. The van der Waals surface area contributed by atoms with Crippen LogP contribution in [0.25, 0.3) is 0 Å². The number of fused-ring (bicyclic) bond motifs is 1. The molecule has 0 bridgehead atoms. The van der Waals surface area contributed by atoms with Gasteiger partial charge in [-0.3, -0.25) is 4.79 Å². The van der Waals surface area contributed by atoms with Crippen LogP contribution >= 0.6 is 0 Å². The summed E-state index contributed by atoms with van der Waals surface area (Å²) in [4.78, 5) is 12.4. The number of rotatable bonds is 8. The molecule has 29 heavy (non-hydrogen) atoms. The van der Waals surface area contributed by atoms with Crippen LogP contribution in [0.1, 0.15) is 60.2 Å². The molecule has 0 spiro atoms. The van der Waals surface area contributed by atoms with Crippen molar-refractivity contribution in [1.82, 2.24) is 15.5 Å². The highest BCUT2D eigenvalue weighted by Gasteiger charge is 2.21. The number of nitrogens with zero attached hydrogens (tertiary/aromatic N) is 2. The Morgan fingerprint density at radius 1 is 0.966 bits per heavy atom. The summed E-state index contributed by atoms with van der Waals surface area (Å²) in [6.45, 7) is 0. The van der Waals surface area contributed by atoms with E-state index in [4.69, 9.17) is 4.42 Å². The molecule has 4 rings (SSSR count). The fourth-order valence-corrected chi connectivity index (χ4v) is 3.97. The number of hydrogen-bond donors (Lipinski definition) is 1. The minimum absolute atomic E-state index is 0.0375. The number of aromatic nitrogens is 2. The molecule has 0 fully saturated rings. The van der Waals surface area contributed by atoms with Gasteiger partial charge in [0.05, 0.1) is 6.04 Å². The Kier molecular flexibility index (Phi) is 6.35. The summed E-state index contributed by atoms with van der Waals surface area (Å²) in [5.41, 5.74) is 3.92. The second kappa shape index (κ2) is 9.50. The van der Waals surface area contributed by atoms with Crippen LogP contribution in [-0.2, 0) is 30.5 Å². The van der Waals surface area contributed by atoms with Crippen LogP contribution in [0, 0.1) is 0 Å². The first-order valence-corrected chi connectivity index (χ1v) is 10.5. The molecule has 1 N–H and O–H groups in total. The molecule has 0 saturated heterocycles. The Morgan fingerprint density at radius 2 is 1.72 bits per heavy atom. The summed E-state index contributed by atoms with van der Waals surface area (Å²) < 4.78 is 5.72. The van der Waals surface area contributed by atoms with Crippen LogP contribution in [0.5, 0.6) is 0 Å². The third-order valence-corrected chi connectivity index (χ3v) is 5.48. The molecule has 1 aliphatic rings. The van der Waals surface area contributed by atoms with Crippen molar-refractivity contribution in [2.75, 3.05) is 0 Å². The lowest BCUT2D eigenvalue weighted by atomic mass is 9.87. The minimum atomic E-state index is 0.0375. The van der Waals surface area contributed by atoms with E-state index in [-0.39, 0.29) is 11.9 Å². The van der Waals surface area contributed by atoms with Crippen molar-refractivity contribution in [1.29, 1.82) is 0 Å². The van der Waals surface area contributed by atoms with Crippen LogP contribution in [0.4, 0.5) is 0 Å². The van der Waals surface area contributed by atoms with Crippen LogP contribution in [0.2, 0.25) is 0 Å². The molecule has 0 saturated carbocycles. The molecule has 5 heteroatoms. The van der Waals surface area contributed by atoms with Crippen LogP contribution < -0.4 is 5.32 Å². The first-order valence-electron chi connectivity index (χ1n) is 10.5. The van der Waals surface area contributed by atoms with E-state index in [0.717, 1.165) is 38.5 Å². The van der Waals surface area contributed by atoms with Gasteiger partial charge in [0.25, 0.3) is 0 Å². The predicted molar refractivity (Wildman–Crippen MR) is 111 cm³/mol. The Bertz CT molecular complexity index is 936. The van der Waals surface area contributed by atoms with Crippen molar-refractivity contribution in [3.8, 4) is 0 Å². The van der Waals surface area contributed by atoms with E-state index < -0.39 is 0 Å². The van der Waals surface area contributed by atoms with Crippen molar-refractivity contribution in [3.63, 3.8) is 0 Å². The highest BCUT2D eigenvalue weighted by atomic mass is 16.4. The van der Waals surface area contributed by atoms with Crippen LogP contribution in [0.3, 0.4) is 0 Å². The maximum atomic E-state index is 12.4. The topological polar surface area (TPSA) is 68.0 Å². The molecule has 150 valence electrons. The summed E-state index contributed by atoms with van der Waals surface area (Å²) in [5.74, 6) is 1.23. The van der Waals surface area contributed by atoms with Gasteiger partial charge >= 0.3 is 0 Å². The Labute approximate surface area is 171 Å². The number of carbonyl (C=O) groups excluding carboxylic acids is 1. The minimum Gasteiger partial charge on any atom is -0.425 e. The zero-order valence-electron chi connectivity index (χ0n) is 16.6. The van der Waals surface area contributed by atoms with Crippen molar-refractivity contribution in [3.05, 3.63) is 83.1 Å². The second-order valence-corrected chi connectivity index (χ2v) is 7.64. The Balaban J connectivity index is 1.22. The molecule has 1 aromatic heterocycles. The Hall–Kier alpha value is -2.95. The summed E-state index contributed by atoms with van der Waals surface area (Å²) in [6.07, 6.45) is 6.75. The molecule has 1 amide bonds. The molecule has 5 nitrogen and oxygen atoms in total. The van der Waals surface area contributed by atoms with Crippen molar-refractivity contribution >= 4 is 5.91 Å². The number of hydrogen-bond acceptors (Lipinski definition) is 4. The van der Waals surface area contributed by atoms with Gasteiger partial charge in [-0.15, -0.1) is 10.2 Å². The SMILES string of the molecule is O=C(CCc1nnc(CCCc2ccccc2)o1)NC1CCCc2ccccc21. The molecule has 0 aliphatic heterocycles. The molecule has 1 unspecified atom stereocenters. The quantitative estimate of drug-likeness (QED) is 0.621. The number of amides is 1. The van der Waals surface area contributed by atoms with Crippen LogP contribution in [0.15, 0.2) is 59.0 Å². The van der Waals surface area contributed by atoms with E-state index >= 15 is 0 Å². The highest BCUT2D eigenvalue weighted by molar-refractivity contribution is 5.76. The maximum absolute atomic E-state index is 12.4. The molecule has 0 radical (unpaired) electrons. The van der Waals surface area contributed by atoms with Crippen molar-refractivity contribution < 1.29 is 9.21 Å². The lowest BCUT2D eigenvalue weighted by Crippen LogP contribution is -2.31. The van der Waals surface area contributed by atoms with E-state index in [2.05, 4.69) is 58.0 Å². The van der Waals surface area contributed by atoms with E-state index in [1.165, 1.54) is 16.7 Å². The summed E-state index contributed by atoms with van der Waals surface area (Å²) in [5, 5.41) is 11.4. The summed E-state index contributed by atoms with van der Waals surface area (Å²) >= 11 is 0.